The fraction of sp³-hybridized carbons (Fsp3) is 0.467. The van der Waals surface area contributed by atoms with Crippen LogP contribution in [0.4, 0.5) is 10.1 Å². The standard InChI is InChI=1S/C15H18FN3O2/c16-12-1-3-13(4-2-12)18-9-7-17(8-10-18)11-19-14(20)5-6-15(19)21/h1-4H,5-11H2/p+1. The van der Waals surface area contributed by atoms with E-state index < -0.39 is 0 Å². The Morgan fingerprint density at radius 1 is 1.00 bits per heavy atom. The van der Waals surface area contributed by atoms with Crippen LogP contribution in [-0.2, 0) is 9.59 Å². The number of anilines is 1. The van der Waals surface area contributed by atoms with Gasteiger partial charge in [0.25, 0.3) is 0 Å². The van der Waals surface area contributed by atoms with Gasteiger partial charge in [0.2, 0.25) is 11.8 Å². The Hall–Kier alpha value is -1.95. The first-order valence-electron chi connectivity index (χ1n) is 7.31. The number of piperazine rings is 1. The van der Waals surface area contributed by atoms with Crippen LogP contribution >= 0.6 is 0 Å². The number of imide groups is 1. The molecule has 2 amide bonds. The second-order valence-electron chi connectivity index (χ2n) is 5.59. The fourth-order valence-corrected chi connectivity index (χ4v) is 2.91. The van der Waals surface area contributed by atoms with E-state index in [2.05, 4.69) is 4.90 Å². The predicted octanol–water partition coefficient (Wildman–Crippen LogP) is -0.363. The summed E-state index contributed by atoms with van der Waals surface area (Å²) in [5, 5.41) is 0. The van der Waals surface area contributed by atoms with Gasteiger partial charge in [0.15, 0.2) is 6.67 Å². The molecule has 0 unspecified atom stereocenters. The van der Waals surface area contributed by atoms with Crippen LogP contribution in [0.2, 0.25) is 0 Å². The molecule has 0 saturated carbocycles. The maximum absolute atomic E-state index is 12.9. The lowest BCUT2D eigenvalue weighted by molar-refractivity contribution is -0.907. The molecule has 1 N–H and O–H groups in total. The fourth-order valence-electron chi connectivity index (χ4n) is 2.91. The zero-order valence-electron chi connectivity index (χ0n) is 11.8. The third-order valence-electron chi connectivity index (χ3n) is 4.20. The minimum absolute atomic E-state index is 0.0477. The molecule has 21 heavy (non-hydrogen) atoms. The summed E-state index contributed by atoms with van der Waals surface area (Å²) in [5.74, 6) is -0.323. The zero-order valence-corrected chi connectivity index (χ0v) is 11.8. The summed E-state index contributed by atoms with van der Waals surface area (Å²) < 4.78 is 12.9. The number of rotatable bonds is 3. The molecule has 2 aliphatic rings. The van der Waals surface area contributed by atoms with Crippen molar-refractivity contribution < 1.29 is 18.9 Å². The van der Waals surface area contributed by atoms with Crippen LogP contribution in [0.1, 0.15) is 12.8 Å². The number of carbonyl (C=O) groups excluding carboxylic acids is 2. The van der Waals surface area contributed by atoms with Crippen molar-refractivity contribution in [2.75, 3.05) is 37.7 Å². The molecule has 2 heterocycles. The summed E-state index contributed by atoms with van der Waals surface area (Å²) in [6.07, 6.45) is 0.710. The SMILES string of the molecule is O=C1CCC(=O)N1C[NH+]1CCN(c2ccc(F)cc2)CC1. The van der Waals surface area contributed by atoms with Crippen LogP contribution in [0.25, 0.3) is 0 Å². The minimum Gasteiger partial charge on any atom is -0.360 e. The van der Waals surface area contributed by atoms with Crippen LogP contribution in [0.3, 0.4) is 0 Å². The van der Waals surface area contributed by atoms with E-state index in [4.69, 9.17) is 0 Å². The third-order valence-corrected chi connectivity index (χ3v) is 4.20. The van der Waals surface area contributed by atoms with Crippen molar-refractivity contribution in [2.24, 2.45) is 0 Å². The lowest BCUT2D eigenvalue weighted by Crippen LogP contribution is -3.16. The molecule has 1 aromatic carbocycles. The molecule has 0 aliphatic carbocycles. The van der Waals surface area contributed by atoms with E-state index in [9.17, 15) is 14.0 Å². The first kappa shape index (κ1) is 14.0. The van der Waals surface area contributed by atoms with Gasteiger partial charge in [0, 0.05) is 18.5 Å². The number of benzene rings is 1. The number of likely N-dealkylation sites (tertiary alicyclic amines) is 1. The summed E-state index contributed by atoms with van der Waals surface area (Å²) in [5.41, 5.74) is 1.02. The number of amides is 2. The van der Waals surface area contributed by atoms with E-state index in [1.165, 1.54) is 21.9 Å². The van der Waals surface area contributed by atoms with E-state index in [1.807, 2.05) is 0 Å². The summed E-state index contributed by atoms with van der Waals surface area (Å²) in [6, 6.07) is 6.51. The largest absolute Gasteiger partial charge is 0.360 e. The van der Waals surface area contributed by atoms with E-state index >= 15 is 0 Å². The minimum atomic E-state index is -0.228. The van der Waals surface area contributed by atoms with Gasteiger partial charge in [0.05, 0.1) is 26.2 Å². The molecule has 2 aliphatic heterocycles. The summed E-state index contributed by atoms with van der Waals surface area (Å²) in [7, 11) is 0. The molecule has 0 atom stereocenters. The first-order chi connectivity index (χ1) is 10.1. The summed E-state index contributed by atoms with van der Waals surface area (Å²) in [4.78, 5) is 28.1. The highest BCUT2D eigenvalue weighted by Gasteiger charge is 2.33. The second-order valence-corrected chi connectivity index (χ2v) is 5.59. The van der Waals surface area contributed by atoms with Gasteiger partial charge in [-0.05, 0) is 24.3 Å². The lowest BCUT2D eigenvalue weighted by Gasteiger charge is -2.34. The Kier molecular flexibility index (Phi) is 3.88. The van der Waals surface area contributed by atoms with Crippen LogP contribution in [0.5, 0.6) is 0 Å². The Bertz CT molecular complexity index is 522. The summed E-state index contributed by atoms with van der Waals surface area (Å²) in [6.45, 7) is 3.91. The number of nitrogens with one attached hydrogen (secondary N) is 1. The van der Waals surface area contributed by atoms with Crippen molar-refractivity contribution in [1.82, 2.24) is 4.90 Å². The highest BCUT2D eigenvalue weighted by Crippen LogP contribution is 2.14. The van der Waals surface area contributed by atoms with Crippen LogP contribution in [0.15, 0.2) is 24.3 Å². The molecular formula is C15H19FN3O2+. The smallest absolute Gasteiger partial charge is 0.234 e. The number of halogens is 1. The average Bonchev–Trinajstić information content (AvgIpc) is 2.81. The van der Waals surface area contributed by atoms with Crippen molar-refractivity contribution in [3.05, 3.63) is 30.1 Å². The van der Waals surface area contributed by atoms with Crippen molar-refractivity contribution in [3.63, 3.8) is 0 Å². The molecule has 3 rings (SSSR count). The number of hydrogen-bond donors (Lipinski definition) is 1. The quantitative estimate of drug-likeness (QED) is 0.774. The van der Waals surface area contributed by atoms with Gasteiger partial charge in [0.1, 0.15) is 5.82 Å². The Morgan fingerprint density at radius 3 is 2.14 bits per heavy atom. The van der Waals surface area contributed by atoms with Crippen LogP contribution in [0, 0.1) is 5.82 Å². The van der Waals surface area contributed by atoms with E-state index in [0.29, 0.717) is 19.5 Å². The molecule has 1 aromatic rings. The van der Waals surface area contributed by atoms with Crippen molar-refractivity contribution in [2.45, 2.75) is 12.8 Å². The third kappa shape index (κ3) is 3.05. The maximum Gasteiger partial charge on any atom is 0.234 e. The van der Waals surface area contributed by atoms with Crippen LogP contribution < -0.4 is 9.80 Å². The molecule has 6 heteroatoms. The molecule has 0 bridgehead atoms. The molecule has 5 nitrogen and oxygen atoms in total. The number of carbonyl (C=O) groups is 2. The summed E-state index contributed by atoms with van der Waals surface area (Å²) >= 11 is 0. The number of nitrogens with zero attached hydrogens (tertiary/aromatic N) is 2. The van der Waals surface area contributed by atoms with Crippen molar-refractivity contribution in [1.29, 1.82) is 0 Å². The molecule has 2 saturated heterocycles. The predicted molar refractivity (Wildman–Crippen MR) is 75.3 cm³/mol. The first-order valence-corrected chi connectivity index (χ1v) is 7.31. The molecule has 0 radical (unpaired) electrons. The van der Waals surface area contributed by atoms with Crippen LogP contribution in [-0.4, -0.2) is 49.6 Å². The molecule has 2 fully saturated rings. The molecular weight excluding hydrogens is 273 g/mol. The average molecular weight is 292 g/mol. The Labute approximate surface area is 122 Å². The van der Waals surface area contributed by atoms with Gasteiger partial charge >= 0.3 is 0 Å². The topological polar surface area (TPSA) is 45.1 Å². The lowest BCUT2D eigenvalue weighted by atomic mass is 10.2. The highest BCUT2D eigenvalue weighted by molar-refractivity contribution is 6.01. The van der Waals surface area contributed by atoms with E-state index in [0.717, 1.165) is 31.9 Å². The van der Waals surface area contributed by atoms with Gasteiger partial charge in [-0.3, -0.25) is 9.59 Å². The zero-order chi connectivity index (χ0) is 14.8. The van der Waals surface area contributed by atoms with Gasteiger partial charge in [-0.1, -0.05) is 0 Å². The number of hydrogen-bond acceptors (Lipinski definition) is 3. The van der Waals surface area contributed by atoms with E-state index in [1.54, 1.807) is 12.1 Å². The van der Waals surface area contributed by atoms with Gasteiger partial charge in [-0.15, -0.1) is 0 Å². The Morgan fingerprint density at radius 2 is 1.57 bits per heavy atom. The van der Waals surface area contributed by atoms with Gasteiger partial charge < -0.3 is 9.80 Å². The second kappa shape index (κ2) is 5.81. The highest BCUT2D eigenvalue weighted by atomic mass is 19.1. The van der Waals surface area contributed by atoms with Gasteiger partial charge in [-0.2, -0.15) is 0 Å². The molecule has 0 aromatic heterocycles. The van der Waals surface area contributed by atoms with Crippen molar-refractivity contribution in [3.8, 4) is 0 Å². The maximum atomic E-state index is 12.9. The van der Waals surface area contributed by atoms with Crippen molar-refractivity contribution >= 4 is 17.5 Å². The van der Waals surface area contributed by atoms with Gasteiger partial charge in [-0.25, -0.2) is 9.29 Å². The normalized spacial score (nSPS) is 20.4. The number of quaternary nitrogens is 1. The monoisotopic (exact) mass is 292 g/mol. The Balaban J connectivity index is 1.54. The molecule has 0 spiro atoms. The van der Waals surface area contributed by atoms with E-state index in [-0.39, 0.29) is 17.6 Å². The molecule has 112 valence electrons.